The van der Waals surface area contributed by atoms with Crippen molar-refractivity contribution in [1.82, 2.24) is 4.98 Å². The summed E-state index contributed by atoms with van der Waals surface area (Å²) in [5.41, 5.74) is 5.01. The number of aliphatic hydroxyl groups is 1. The molecule has 0 bridgehead atoms. The molecule has 0 amide bonds. The average molecular weight is 252 g/mol. The van der Waals surface area contributed by atoms with Crippen molar-refractivity contribution in [3.05, 3.63) is 35.8 Å². The van der Waals surface area contributed by atoms with Gasteiger partial charge in [0.15, 0.2) is 0 Å². The molecule has 0 aliphatic rings. The van der Waals surface area contributed by atoms with Crippen LogP contribution in [0.4, 0.5) is 0 Å². The van der Waals surface area contributed by atoms with Crippen LogP contribution in [0.3, 0.4) is 0 Å². The minimum Gasteiger partial charge on any atom is -0.478 e. The van der Waals surface area contributed by atoms with E-state index in [-0.39, 0.29) is 11.3 Å². The van der Waals surface area contributed by atoms with E-state index in [1.807, 2.05) is 13.8 Å². The number of rotatable bonds is 3. The summed E-state index contributed by atoms with van der Waals surface area (Å²) in [6.07, 6.45) is 2.43. The van der Waals surface area contributed by atoms with E-state index in [9.17, 15) is 9.90 Å². The molecule has 0 saturated heterocycles. The van der Waals surface area contributed by atoms with E-state index in [4.69, 9.17) is 10.8 Å². The maximum Gasteiger partial charge on any atom is 0.339 e. The predicted molar refractivity (Wildman–Crippen MR) is 70.6 cm³/mol. The van der Waals surface area contributed by atoms with Crippen molar-refractivity contribution in [3.8, 4) is 0 Å². The Kier molecular flexibility index (Phi) is 6.05. The molecule has 1 aromatic rings. The largest absolute Gasteiger partial charge is 0.478 e. The summed E-state index contributed by atoms with van der Waals surface area (Å²) < 4.78 is 0. The van der Waals surface area contributed by atoms with E-state index in [0.717, 1.165) is 6.20 Å². The zero-order chi connectivity index (χ0) is 14.3. The van der Waals surface area contributed by atoms with Gasteiger partial charge in [-0.2, -0.15) is 0 Å². The highest BCUT2D eigenvalue weighted by atomic mass is 16.4. The van der Waals surface area contributed by atoms with Crippen LogP contribution >= 0.6 is 0 Å². The fourth-order valence-corrected chi connectivity index (χ4v) is 1.18. The van der Waals surface area contributed by atoms with Gasteiger partial charge in [0.1, 0.15) is 5.57 Å². The van der Waals surface area contributed by atoms with Gasteiger partial charge in [0.2, 0.25) is 0 Å². The van der Waals surface area contributed by atoms with Crippen molar-refractivity contribution in [2.45, 2.75) is 33.3 Å². The lowest BCUT2D eigenvalue weighted by Gasteiger charge is -2.17. The Bertz CT molecular complexity index is 417. The fraction of sp³-hybridized carbons (Fsp3) is 0.385. The molecule has 0 radical (unpaired) electrons. The van der Waals surface area contributed by atoms with Gasteiger partial charge in [-0.25, -0.2) is 4.79 Å². The first-order chi connectivity index (χ1) is 8.36. The molecule has 0 atom stereocenters. The van der Waals surface area contributed by atoms with Gasteiger partial charge >= 0.3 is 5.97 Å². The number of nitrogens with two attached hydrogens (primary N) is 1. The Morgan fingerprint density at radius 1 is 1.39 bits per heavy atom. The number of pyridine rings is 1. The van der Waals surface area contributed by atoms with Gasteiger partial charge in [0, 0.05) is 18.0 Å². The second-order valence-electron chi connectivity index (χ2n) is 3.88. The molecule has 0 spiro atoms. The lowest BCUT2D eigenvalue weighted by molar-refractivity contribution is -0.130. The Labute approximate surface area is 107 Å². The van der Waals surface area contributed by atoms with Crippen LogP contribution in [0.5, 0.6) is 0 Å². The fourth-order valence-electron chi connectivity index (χ4n) is 1.18. The van der Waals surface area contributed by atoms with Gasteiger partial charge in [-0.3, -0.25) is 4.98 Å². The van der Waals surface area contributed by atoms with Gasteiger partial charge in [0.25, 0.3) is 0 Å². The highest BCUT2D eigenvalue weighted by molar-refractivity contribution is 6.14. The first kappa shape index (κ1) is 16.1. The maximum atomic E-state index is 10.8. The van der Waals surface area contributed by atoms with Crippen LogP contribution in [-0.4, -0.2) is 21.2 Å². The highest BCUT2D eigenvalue weighted by Crippen LogP contribution is 2.20. The molecule has 0 aromatic carbocycles. The van der Waals surface area contributed by atoms with Gasteiger partial charge in [-0.15, -0.1) is 0 Å². The van der Waals surface area contributed by atoms with Crippen molar-refractivity contribution >= 4 is 11.5 Å². The van der Waals surface area contributed by atoms with E-state index in [1.54, 1.807) is 19.9 Å². The number of carboxylic acids is 1. The SMILES string of the molecule is CC.CC(C)(O)c1ccc(/C(=C\N)C(=O)O)nc1. The summed E-state index contributed by atoms with van der Waals surface area (Å²) in [4.78, 5) is 14.7. The van der Waals surface area contributed by atoms with E-state index in [2.05, 4.69) is 4.98 Å². The number of nitrogens with zero attached hydrogens (tertiary/aromatic N) is 1. The van der Waals surface area contributed by atoms with E-state index in [1.165, 1.54) is 12.3 Å². The van der Waals surface area contributed by atoms with Gasteiger partial charge in [-0.05, 0) is 19.9 Å². The van der Waals surface area contributed by atoms with Crippen molar-refractivity contribution in [2.24, 2.45) is 5.73 Å². The minimum atomic E-state index is -1.13. The molecule has 0 unspecified atom stereocenters. The Morgan fingerprint density at radius 2 is 1.94 bits per heavy atom. The van der Waals surface area contributed by atoms with Crippen LogP contribution in [0, 0.1) is 0 Å². The van der Waals surface area contributed by atoms with Gasteiger partial charge < -0.3 is 15.9 Å². The number of aromatic nitrogens is 1. The molecule has 0 aliphatic carbocycles. The molecule has 5 heteroatoms. The summed E-state index contributed by atoms with van der Waals surface area (Å²) in [5.74, 6) is -1.13. The zero-order valence-electron chi connectivity index (χ0n) is 11.1. The first-order valence-corrected chi connectivity index (χ1v) is 5.70. The number of hydrogen-bond acceptors (Lipinski definition) is 4. The molecule has 0 saturated carbocycles. The van der Waals surface area contributed by atoms with Gasteiger partial charge in [-0.1, -0.05) is 19.9 Å². The lowest BCUT2D eigenvalue weighted by Crippen LogP contribution is -2.16. The van der Waals surface area contributed by atoms with Crippen LogP contribution in [0.15, 0.2) is 24.5 Å². The smallest absolute Gasteiger partial charge is 0.339 e. The van der Waals surface area contributed by atoms with E-state index >= 15 is 0 Å². The standard InChI is InChI=1S/C11H14N2O3.C2H6/c1-11(2,16)7-3-4-9(13-6-7)8(5-12)10(14)15;1-2/h3-6,16H,12H2,1-2H3,(H,14,15);1-2H3/b8-5+;. The normalized spacial score (nSPS) is 11.5. The third kappa shape index (κ3) is 4.18. The molecule has 0 fully saturated rings. The van der Waals surface area contributed by atoms with Crippen LogP contribution in [0.1, 0.15) is 39.0 Å². The highest BCUT2D eigenvalue weighted by Gasteiger charge is 2.17. The van der Waals surface area contributed by atoms with E-state index in [0.29, 0.717) is 5.56 Å². The molecule has 1 heterocycles. The van der Waals surface area contributed by atoms with Crippen molar-refractivity contribution in [2.75, 3.05) is 0 Å². The van der Waals surface area contributed by atoms with Crippen LogP contribution in [-0.2, 0) is 10.4 Å². The van der Waals surface area contributed by atoms with E-state index < -0.39 is 11.6 Å². The Hall–Kier alpha value is -1.88. The molecule has 5 nitrogen and oxygen atoms in total. The molecule has 1 rings (SSSR count). The molecule has 1 aromatic heterocycles. The maximum absolute atomic E-state index is 10.8. The summed E-state index contributed by atoms with van der Waals surface area (Å²) in [5, 5.41) is 18.5. The monoisotopic (exact) mass is 252 g/mol. The number of aliphatic carboxylic acids is 1. The predicted octanol–water partition coefficient (Wildman–Crippen LogP) is 1.72. The topological polar surface area (TPSA) is 96.4 Å². The second-order valence-corrected chi connectivity index (χ2v) is 3.88. The molecular weight excluding hydrogens is 232 g/mol. The van der Waals surface area contributed by atoms with Crippen LogP contribution < -0.4 is 5.73 Å². The molecule has 4 N–H and O–H groups in total. The quantitative estimate of drug-likeness (QED) is 0.712. The lowest BCUT2D eigenvalue weighted by atomic mass is 10.00. The number of carboxylic acid groups (broad SMARTS) is 1. The number of carbonyl (C=O) groups is 1. The zero-order valence-corrected chi connectivity index (χ0v) is 11.1. The summed E-state index contributed by atoms with van der Waals surface area (Å²) in [6, 6.07) is 3.13. The molecule has 18 heavy (non-hydrogen) atoms. The van der Waals surface area contributed by atoms with Gasteiger partial charge in [0.05, 0.1) is 11.3 Å². The van der Waals surface area contributed by atoms with Crippen LogP contribution in [0.25, 0.3) is 5.57 Å². The van der Waals surface area contributed by atoms with Crippen LogP contribution in [0.2, 0.25) is 0 Å². The molecule has 100 valence electrons. The summed E-state index contributed by atoms with van der Waals surface area (Å²) in [7, 11) is 0. The molecule has 0 aliphatic heterocycles. The molecular formula is C13H20N2O3. The first-order valence-electron chi connectivity index (χ1n) is 5.70. The third-order valence-corrected chi connectivity index (χ3v) is 2.14. The van der Waals surface area contributed by atoms with Crippen molar-refractivity contribution in [3.63, 3.8) is 0 Å². The average Bonchev–Trinajstić information content (AvgIpc) is 2.31. The van der Waals surface area contributed by atoms with Crippen molar-refractivity contribution < 1.29 is 15.0 Å². The summed E-state index contributed by atoms with van der Waals surface area (Å²) >= 11 is 0. The number of hydrogen-bond donors (Lipinski definition) is 3. The summed E-state index contributed by atoms with van der Waals surface area (Å²) in [6.45, 7) is 7.25. The van der Waals surface area contributed by atoms with Crippen molar-refractivity contribution in [1.29, 1.82) is 0 Å². The Morgan fingerprint density at radius 3 is 2.22 bits per heavy atom. The Balaban J connectivity index is 0.00000137. The second kappa shape index (κ2) is 6.76. The minimum absolute atomic E-state index is 0.0673. The third-order valence-electron chi connectivity index (χ3n) is 2.14.